The van der Waals surface area contributed by atoms with Crippen molar-refractivity contribution in [2.75, 3.05) is 20.2 Å². The molecule has 244 valence electrons. The van der Waals surface area contributed by atoms with Crippen LogP contribution in [0, 0.1) is 13.8 Å². The number of halogens is 2. The van der Waals surface area contributed by atoms with Crippen LogP contribution in [-0.4, -0.2) is 58.7 Å². The number of aromatic amines is 1. The van der Waals surface area contributed by atoms with E-state index in [1.54, 1.807) is 6.07 Å². The first-order valence-electron chi connectivity index (χ1n) is 16.0. The lowest BCUT2D eigenvalue weighted by atomic mass is 9.91. The largest absolute Gasteiger partial charge is 0.468 e. The van der Waals surface area contributed by atoms with Crippen molar-refractivity contribution >= 4 is 17.1 Å². The van der Waals surface area contributed by atoms with E-state index in [4.69, 9.17) is 23.9 Å². The van der Waals surface area contributed by atoms with Gasteiger partial charge in [-0.2, -0.15) is 8.78 Å². The molecule has 0 spiro atoms. The average Bonchev–Trinajstić information content (AvgIpc) is 3.88. The number of esters is 1. The number of fused-ring (bicyclic) bond motifs is 1. The Balaban J connectivity index is 1.22. The monoisotopic (exact) mass is 641 g/mol. The summed E-state index contributed by atoms with van der Waals surface area (Å²) in [5.41, 5.74) is 8.28. The molecule has 5 aromatic rings. The highest BCUT2D eigenvalue weighted by Gasteiger charge is 2.32. The molecule has 0 saturated carbocycles. The average molecular weight is 642 g/mol. The summed E-state index contributed by atoms with van der Waals surface area (Å²) in [4.78, 5) is 27.3. The third-order valence-corrected chi connectivity index (χ3v) is 9.45. The number of oxazole rings is 1. The Morgan fingerprint density at radius 3 is 2.49 bits per heavy atom. The van der Waals surface area contributed by atoms with E-state index in [9.17, 15) is 13.6 Å². The molecule has 0 amide bonds. The Morgan fingerprint density at radius 2 is 1.77 bits per heavy atom. The van der Waals surface area contributed by atoms with Crippen LogP contribution in [0.25, 0.3) is 44.9 Å². The van der Waals surface area contributed by atoms with Gasteiger partial charge in [0.1, 0.15) is 23.1 Å². The summed E-state index contributed by atoms with van der Waals surface area (Å²) in [5.74, 6) is 0.998. The maximum absolute atomic E-state index is 13.5. The van der Waals surface area contributed by atoms with E-state index in [1.807, 2.05) is 36.2 Å². The minimum absolute atomic E-state index is 0.00568. The molecule has 2 fully saturated rings. The molecule has 3 aromatic carbocycles. The number of rotatable bonds is 9. The molecule has 7 rings (SSSR count). The van der Waals surface area contributed by atoms with Crippen LogP contribution in [0.15, 0.2) is 59.1 Å². The quantitative estimate of drug-likeness (QED) is 0.161. The first-order valence-corrected chi connectivity index (χ1v) is 16.0. The highest BCUT2D eigenvalue weighted by Crippen LogP contribution is 2.39. The van der Waals surface area contributed by atoms with Gasteiger partial charge >= 0.3 is 12.6 Å². The number of nitrogens with one attached hydrogen (secondary N) is 2. The SMILES string of the molecule is COC(=O)[C@@H]1CCCN1Cc1cc2nc(-c3cccc(-c4cccc(-c5c[nH]c(C6CCCN6)n5)c4C)c3C)oc2cc1OC(F)F. The van der Waals surface area contributed by atoms with Crippen molar-refractivity contribution in [1.82, 2.24) is 25.2 Å². The zero-order chi connectivity index (χ0) is 32.7. The summed E-state index contributed by atoms with van der Waals surface area (Å²) in [7, 11) is 1.35. The fourth-order valence-corrected chi connectivity index (χ4v) is 7.02. The molecule has 4 heterocycles. The number of likely N-dealkylation sites (tertiary alicyclic amines) is 1. The van der Waals surface area contributed by atoms with Gasteiger partial charge in [-0.25, -0.2) is 9.97 Å². The van der Waals surface area contributed by atoms with Crippen molar-refractivity contribution in [2.45, 2.75) is 64.8 Å². The predicted molar refractivity (Wildman–Crippen MR) is 174 cm³/mol. The first kappa shape index (κ1) is 31.0. The molecule has 1 unspecified atom stereocenters. The van der Waals surface area contributed by atoms with E-state index in [2.05, 4.69) is 35.4 Å². The zero-order valence-electron chi connectivity index (χ0n) is 26.6. The third-order valence-electron chi connectivity index (χ3n) is 9.45. The molecule has 2 atom stereocenters. The van der Waals surface area contributed by atoms with Crippen LogP contribution in [0.5, 0.6) is 5.75 Å². The van der Waals surface area contributed by atoms with E-state index in [-0.39, 0.29) is 24.3 Å². The van der Waals surface area contributed by atoms with Gasteiger partial charge in [0.25, 0.3) is 0 Å². The van der Waals surface area contributed by atoms with Crippen molar-refractivity contribution in [3.63, 3.8) is 0 Å². The molecule has 47 heavy (non-hydrogen) atoms. The van der Waals surface area contributed by atoms with E-state index >= 15 is 0 Å². The van der Waals surface area contributed by atoms with Crippen LogP contribution in [0.1, 0.15) is 54.2 Å². The van der Waals surface area contributed by atoms with E-state index in [1.165, 1.54) is 13.2 Å². The molecule has 2 aliphatic heterocycles. The van der Waals surface area contributed by atoms with Crippen LogP contribution >= 0.6 is 0 Å². The second-order valence-corrected chi connectivity index (χ2v) is 12.3. The van der Waals surface area contributed by atoms with Gasteiger partial charge in [0, 0.05) is 35.5 Å². The Labute approximate surface area is 271 Å². The highest BCUT2D eigenvalue weighted by molar-refractivity contribution is 5.84. The lowest BCUT2D eigenvalue weighted by Gasteiger charge is -2.23. The molecule has 0 radical (unpaired) electrons. The predicted octanol–water partition coefficient (Wildman–Crippen LogP) is 7.33. The fraction of sp³-hybridized carbons (Fsp3) is 0.361. The Morgan fingerprint density at radius 1 is 1.02 bits per heavy atom. The standard InChI is InChI=1S/C36H37F2N5O4/c1-20-23(8-4-10-25(20)29-18-40-33(41-29)27-12-6-14-39-27)24-9-5-11-26(21(24)2)34-42-28-16-22(31(47-36(37)38)17-32(28)46-34)19-43-15-7-13-30(43)35(44)45-3/h4-5,8-11,16-18,27,30,36,39H,6-7,12-15,19H2,1-3H3,(H,40,41)/t27?,30-/m0/s1. The molecule has 2 saturated heterocycles. The molecule has 11 heteroatoms. The molecule has 0 bridgehead atoms. The van der Waals surface area contributed by atoms with Gasteiger partial charge in [-0.05, 0) is 87.0 Å². The van der Waals surface area contributed by atoms with Crippen LogP contribution in [0.2, 0.25) is 0 Å². The lowest BCUT2D eigenvalue weighted by molar-refractivity contribution is -0.146. The number of nitrogens with zero attached hydrogens (tertiary/aromatic N) is 3. The summed E-state index contributed by atoms with van der Waals surface area (Å²) in [5, 5.41) is 3.50. The molecule has 0 aliphatic carbocycles. The number of carbonyl (C=O) groups is 1. The molecular formula is C36H37F2N5O4. The fourth-order valence-electron chi connectivity index (χ4n) is 7.02. The number of hydrogen-bond acceptors (Lipinski definition) is 8. The maximum Gasteiger partial charge on any atom is 0.387 e. The summed E-state index contributed by atoms with van der Waals surface area (Å²) in [6.45, 7) is 3.00. The minimum Gasteiger partial charge on any atom is -0.468 e. The van der Waals surface area contributed by atoms with Crippen molar-refractivity contribution in [1.29, 1.82) is 0 Å². The van der Waals surface area contributed by atoms with Gasteiger partial charge in [-0.3, -0.25) is 9.69 Å². The van der Waals surface area contributed by atoms with Gasteiger partial charge in [-0.1, -0.05) is 30.3 Å². The second kappa shape index (κ2) is 12.9. The number of benzene rings is 3. The Hall–Kier alpha value is -4.61. The number of H-pyrrole nitrogens is 1. The van der Waals surface area contributed by atoms with Crippen LogP contribution in [-0.2, 0) is 16.1 Å². The topological polar surface area (TPSA) is 106 Å². The Bertz CT molecular complexity index is 1930. The maximum atomic E-state index is 13.5. The summed E-state index contributed by atoms with van der Waals surface area (Å²) in [6, 6.07) is 15.2. The molecule has 2 aliphatic rings. The van der Waals surface area contributed by atoms with E-state index in [0.717, 1.165) is 70.7 Å². The number of hydrogen-bond donors (Lipinski definition) is 2. The normalized spacial score (nSPS) is 18.4. The molecular weight excluding hydrogens is 604 g/mol. The van der Waals surface area contributed by atoms with Gasteiger partial charge in [0.05, 0.1) is 18.8 Å². The second-order valence-electron chi connectivity index (χ2n) is 12.3. The number of carbonyl (C=O) groups excluding carboxylic acids is 1. The number of ether oxygens (including phenoxy) is 2. The summed E-state index contributed by atoms with van der Waals surface area (Å²) < 4.78 is 43.0. The van der Waals surface area contributed by atoms with Gasteiger partial charge in [0.2, 0.25) is 5.89 Å². The van der Waals surface area contributed by atoms with Gasteiger partial charge in [-0.15, -0.1) is 0 Å². The molecule has 9 nitrogen and oxygen atoms in total. The number of aromatic nitrogens is 3. The zero-order valence-corrected chi connectivity index (χ0v) is 26.6. The van der Waals surface area contributed by atoms with Crippen molar-refractivity contribution in [3.8, 4) is 39.6 Å². The number of methoxy groups -OCH3 is 1. The smallest absolute Gasteiger partial charge is 0.387 e. The van der Waals surface area contributed by atoms with Crippen LogP contribution in [0.3, 0.4) is 0 Å². The van der Waals surface area contributed by atoms with Crippen LogP contribution in [0.4, 0.5) is 8.78 Å². The van der Waals surface area contributed by atoms with Crippen molar-refractivity contribution < 1.29 is 27.5 Å². The molecule has 2 aromatic heterocycles. The number of imidazole rings is 1. The highest BCUT2D eigenvalue weighted by atomic mass is 19.3. The van der Waals surface area contributed by atoms with Crippen LogP contribution < -0.4 is 10.1 Å². The van der Waals surface area contributed by atoms with Crippen molar-refractivity contribution in [2.24, 2.45) is 0 Å². The number of alkyl halides is 2. The molecule has 2 N–H and O–H groups in total. The minimum atomic E-state index is -3.02. The Kier molecular flexibility index (Phi) is 8.50. The van der Waals surface area contributed by atoms with Gasteiger partial charge < -0.3 is 24.2 Å². The lowest BCUT2D eigenvalue weighted by Crippen LogP contribution is -2.36. The van der Waals surface area contributed by atoms with Gasteiger partial charge in [0.15, 0.2) is 5.58 Å². The van der Waals surface area contributed by atoms with E-state index < -0.39 is 12.7 Å². The van der Waals surface area contributed by atoms with E-state index in [0.29, 0.717) is 35.5 Å². The third kappa shape index (κ3) is 6.01. The summed E-state index contributed by atoms with van der Waals surface area (Å²) >= 11 is 0. The van der Waals surface area contributed by atoms with Crippen molar-refractivity contribution in [3.05, 3.63) is 77.2 Å². The summed E-state index contributed by atoms with van der Waals surface area (Å²) in [6.07, 6.45) is 5.64. The first-order chi connectivity index (χ1) is 22.8.